The third-order valence-electron chi connectivity index (χ3n) is 1.90. The summed E-state index contributed by atoms with van der Waals surface area (Å²) in [5, 5.41) is 0.666. The highest BCUT2D eigenvalue weighted by atomic mass is 35.5. The molecule has 0 aliphatic heterocycles. The molecule has 0 aromatic heterocycles. The van der Waals surface area contributed by atoms with Gasteiger partial charge in [-0.3, -0.25) is 5.84 Å². The zero-order valence-electron chi connectivity index (χ0n) is 9.37. The van der Waals surface area contributed by atoms with Gasteiger partial charge in [0.1, 0.15) is 5.75 Å². The van der Waals surface area contributed by atoms with Crippen molar-refractivity contribution in [1.29, 1.82) is 0 Å². The number of nitrogens with two attached hydrogens (primary N) is 2. The standard InChI is InChI=1S/C10H11Cl2N3O3/c1-17-10(16)8(15-14)9(13)18-5-2-3-6(11)7(12)4-5/h2-4,15H,13-14H2,1H3/b9-8+. The largest absolute Gasteiger partial charge is 0.464 e. The van der Waals surface area contributed by atoms with Crippen molar-refractivity contribution in [2.75, 3.05) is 7.11 Å². The highest BCUT2D eigenvalue weighted by Gasteiger charge is 2.15. The number of esters is 1. The van der Waals surface area contributed by atoms with Crippen LogP contribution >= 0.6 is 23.2 Å². The van der Waals surface area contributed by atoms with E-state index in [-0.39, 0.29) is 11.6 Å². The van der Waals surface area contributed by atoms with E-state index in [0.29, 0.717) is 15.8 Å². The van der Waals surface area contributed by atoms with Gasteiger partial charge in [-0.2, -0.15) is 0 Å². The Hall–Kier alpha value is -1.63. The van der Waals surface area contributed by atoms with Gasteiger partial charge in [0, 0.05) is 6.07 Å². The number of hydrogen-bond donors (Lipinski definition) is 3. The lowest BCUT2D eigenvalue weighted by Crippen LogP contribution is -2.32. The number of ether oxygens (including phenoxy) is 2. The van der Waals surface area contributed by atoms with E-state index in [0.717, 1.165) is 0 Å². The molecule has 0 heterocycles. The Balaban J connectivity index is 2.97. The van der Waals surface area contributed by atoms with Crippen molar-refractivity contribution in [2.45, 2.75) is 0 Å². The molecule has 0 aliphatic carbocycles. The smallest absolute Gasteiger partial charge is 0.361 e. The Labute approximate surface area is 113 Å². The number of benzene rings is 1. The molecule has 0 amide bonds. The molecule has 0 bridgehead atoms. The molecule has 0 atom stereocenters. The summed E-state index contributed by atoms with van der Waals surface area (Å²) in [4.78, 5) is 11.3. The van der Waals surface area contributed by atoms with Gasteiger partial charge in [0.15, 0.2) is 5.70 Å². The minimum Gasteiger partial charge on any atom is -0.464 e. The fraction of sp³-hybridized carbons (Fsp3) is 0.100. The number of carbonyl (C=O) groups is 1. The van der Waals surface area contributed by atoms with Crippen LogP contribution in [0.3, 0.4) is 0 Å². The molecule has 0 radical (unpaired) electrons. The molecule has 8 heteroatoms. The zero-order valence-corrected chi connectivity index (χ0v) is 10.9. The molecule has 0 spiro atoms. The lowest BCUT2D eigenvalue weighted by atomic mass is 10.3. The monoisotopic (exact) mass is 291 g/mol. The Bertz CT molecular complexity index is 491. The molecule has 6 nitrogen and oxygen atoms in total. The number of nitrogens with one attached hydrogen (secondary N) is 1. The van der Waals surface area contributed by atoms with Crippen LogP contribution < -0.4 is 21.7 Å². The fourth-order valence-corrected chi connectivity index (χ4v) is 1.34. The maximum atomic E-state index is 11.3. The van der Waals surface area contributed by atoms with E-state index >= 15 is 0 Å². The van der Waals surface area contributed by atoms with Crippen LogP contribution in [0.1, 0.15) is 0 Å². The second-order valence-electron chi connectivity index (χ2n) is 3.05. The van der Waals surface area contributed by atoms with E-state index < -0.39 is 5.97 Å². The van der Waals surface area contributed by atoms with Gasteiger partial charge in [0.25, 0.3) is 0 Å². The van der Waals surface area contributed by atoms with Crippen molar-refractivity contribution in [1.82, 2.24) is 5.43 Å². The lowest BCUT2D eigenvalue weighted by Gasteiger charge is -2.10. The Morgan fingerprint density at radius 2 is 2.00 bits per heavy atom. The predicted octanol–water partition coefficient (Wildman–Crippen LogP) is 1.14. The van der Waals surface area contributed by atoms with Gasteiger partial charge in [-0.15, -0.1) is 0 Å². The summed E-state index contributed by atoms with van der Waals surface area (Å²) in [5.41, 5.74) is 7.45. The Kier molecular flexibility index (Phi) is 5.08. The van der Waals surface area contributed by atoms with Crippen molar-refractivity contribution in [2.24, 2.45) is 11.6 Å². The number of halogens is 2. The molecule has 0 unspecified atom stereocenters. The Morgan fingerprint density at radius 3 is 2.50 bits per heavy atom. The highest BCUT2D eigenvalue weighted by molar-refractivity contribution is 6.42. The topological polar surface area (TPSA) is 99.6 Å². The zero-order chi connectivity index (χ0) is 13.7. The van der Waals surface area contributed by atoms with E-state index in [1.807, 2.05) is 0 Å². The predicted molar refractivity (Wildman–Crippen MR) is 67.6 cm³/mol. The average molecular weight is 292 g/mol. The van der Waals surface area contributed by atoms with Gasteiger partial charge in [0.05, 0.1) is 17.2 Å². The lowest BCUT2D eigenvalue weighted by molar-refractivity contribution is -0.136. The second kappa shape index (κ2) is 6.34. The molecule has 0 aliphatic rings. The molecule has 1 aromatic carbocycles. The Morgan fingerprint density at radius 1 is 1.33 bits per heavy atom. The molecule has 0 saturated carbocycles. The van der Waals surface area contributed by atoms with Crippen LogP contribution in [0, 0.1) is 0 Å². The van der Waals surface area contributed by atoms with E-state index in [4.69, 9.17) is 39.5 Å². The van der Waals surface area contributed by atoms with E-state index in [9.17, 15) is 4.79 Å². The van der Waals surface area contributed by atoms with Crippen LogP contribution in [-0.2, 0) is 9.53 Å². The molecule has 0 saturated heterocycles. The quantitative estimate of drug-likeness (QED) is 0.253. The summed E-state index contributed by atoms with van der Waals surface area (Å²) in [6.45, 7) is 0. The first-order valence-corrected chi connectivity index (χ1v) is 5.42. The molecular weight excluding hydrogens is 281 g/mol. The first kappa shape index (κ1) is 14.4. The third kappa shape index (κ3) is 3.43. The summed E-state index contributed by atoms with van der Waals surface area (Å²) in [7, 11) is 1.19. The normalized spacial score (nSPS) is 11.6. The first-order valence-electron chi connectivity index (χ1n) is 4.67. The van der Waals surface area contributed by atoms with Crippen LogP contribution in [0.25, 0.3) is 0 Å². The molecule has 1 aromatic rings. The van der Waals surface area contributed by atoms with Gasteiger partial charge in [-0.1, -0.05) is 23.2 Å². The van der Waals surface area contributed by atoms with Crippen LogP contribution in [0.2, 0.25) is 10.0 Å². The van der Waals surface area contributed by atoms with Crippen molar-refractivity contribution in [3.63, 3.8) is 0 Å². The molecule has 5 N–H and O–H groups in total. The van der Waals surface area contributed by atoms with Crippen molar-refractivity contribution in [3.05, 3.63) is 39.8 Å². The summed E-state index contributed by atoms with van der Waals surface area (Å²) in [6.07, 6.45) is 0. The number of hydrazine groups is 1. The fourth-order valence-electron chi connectivity index (χ4n) is 1.05. The van der Waals surface area contributed by atoms with Crippen molar-refractivity contribution in [3.8, 4) is 5.75 Å². The maximum Gasteiger partial charge on any atom is 0.361 e. The van der Waals surface area contributed by atoms with Crippen LogP contribution in [0.15, 0.2) is 29.8 Å². The summed E-state index contributed by atoms with van der Waals surface area (Å²) < 4.78 is 9.66. The SMILES string of the molecule is COC(=O)/C(NN)=C(/N)Oc1ccc(Cl)c(Cl)c1. The van der Waals surface area contributed by atoms with Crippen molar-refractivity contribution >= 4 is 29.2 Å². The summed E-state index contributed by atoms with van der Waals surface area (Å²) >= 11 is 11.5. The van der Waals surface area contributed by atoms with Crippen LogP contribution in [0.5, 0.6) is 5.75 Å². The molecule has 98 valence electrons. The number of hydrogen-bond acceptors (Lipinski definition) is 6. The number of rotatable bonds is 4. The molecule has 18 heavy (non-hydrogen) atoms. The van der Waals surface area contributed by atoms with E-state index in [2.05, 4.69) is 10.2 Å². The summed E-state index contributed by atoms with van der Waals surface area (Å²) in [5.74, 6) is 4.44. The van der Waals surface area contributed by atoms with E-state index in [1.165, 1.54) is 25.3 Å². The van der Waals surface area contributed by atoms with Gasteiger partial charge in [-0.25, -0.2) is 4.79 Å². The van der Waals surface area contributed by atoms with Crippen LogP contribution in [-0.4, -0.2) is 13.1 Å². The third-order valence-corrected chi connectivity index (χ3v) is 2.64. The second-order valence-corrected chi connectivity index (χ2v) is 3.87. The molecular formula is C10H11Cl2N3O3. The van der Waals surface area contributed by atoms with Gasteiger partial charge in [-0.05, 0) is 12.1 Å². The number of methoxy groups -OCH3 is 1. The van der Waals surface area contributed by atoms with E-state index in [1.54, 1.807) is 0 Å². The van der Waals surface area contributed by atoms with Gasteiger partial charge >= 0.3 is 5.97 Å². The highest BCUT2D eigenvalue weighted by Crippen LogP contribution is 2.27. The van der Waals surface area contributed by atoms with Gasteiger partial charge in [0.2, 0.25) is 5.88 Å². The molecule has 0 fully saturated rings. The van der Waals surface area contributed by atoms with Crippen molar-refractivity contribution < 1.29 is 14.3 Å². The maximum absolute atomic E-state index is 11.3. The number of carbonyl (C=O) groups excluding carboxylic acids is 1. The van der Waals surface area contributed by atoms with Gasteiger partial charge < -0.3 is 20.6 Å². The summed E-state index contributed by atoms with van der Waals surface area (Å²) in [6, 6.07) is 4.51. The molecule has 1 rings (SSSR count). The average Bonchev–Trinajstić information content (AvgIpc) is 2.34. The minimum atomic E-state index is -0.755. The minimum absolute atomic E-state index is 0.205. The van der Waals surface area contributed by atoms with Crippen LogP contribution in [0.4, 0.5) is 0 Å². The first-order chi connectivity index (χ1) is 8.49.